The number of fused-ring (bicyclic) bond motifs is 1. The molecule has 0 saturated carbocycles. The molecule has 0 fully saturated rings. The average molecular weight is 252 g/mol. The molecule has 0 aliphatic rings. The Morgan fingerprint density at radius 2 is 2.11 bits per heavy atom. The van der Waals surface area contributed by atoms with E-state index in [2.05, 4.69) is 51.8 Å². The number of aromatic nitrogens is 4. The van der Waals surface area contributed by atoms with Crippen molar-refractivity contribution in [2.45, 2.75) is 20.4 Å². The minimum absolute atomic E-state index is 0.567. The highest BCUT2D eigenvalue weighted by Crippen LogP contribution is 2.22. The summed E-state index contributed by atoms with van der Waals surface area (Å²) in [6, 6.07) is 10.2. The van der Waals surface area contributed by atoms with Crippen LogP contribution in [0.3, 0.4) is 0 Å². The molecule has 0 bridgehead atoms. The number of rotatable bonds is 3. The van der Waals surface area contributed by atoms with Gasteiger partial charge in [0.05, 0.1) is 5.52 Å². The molecule has 3 rings (SSSR count). The van der Waals surface area contributed by atoms with Crippen LogP contribution in [0.4, 0.5) is 0 Å². The first kappa shape index (κ1) is 11.8. The van der Waals surface area contributed by atoms with Gasteiger partial charge < -0.3 is 4.57 Å². The van der Waals surface area contributed by atoms with E-state index < -0.39 is 0 Å². The molecule has 0 N–H and O–H groups in total. The highest BCUT2D eigenvalue weighted by atomic mass is 15.3. The van der Waals surface area contributed by atoms with Crippen LogP contribution in [0.2, 0.25) is 0 Å². The first-order chi connectivity index (χ1) is 9.24. The van der Waals surface area contributed by atoms with Crippen LogP contribution in [0, 0.1) is 5.92 Å². The molecule has 2 heterocycles. The lowest BCUT2D eigenvalue weighted by Crippen LogP contribution is -2.05. The van der Waals surface area contributed by atoms with Crippen molar-refractivity contribution in [2.24, 2.45) is 5.92 Å². The summed E-state index contributed by atoms with van der Waals surface area (Å²) in [4.78, 5) is 4.33. The zero-order valence-electron chi connectivity index (χ0n) is 11.1. The lowest BCUT2D eigenvalue weighted by Gasteiger charge is -2.09. The van der Waals surface area contributed by atoms with E-state index in [1.54, 1.807) is 6.33 Å². The second kappa shape index (κ2) is 4.80. The smallest absolute Gasteiger partial charge is 0.163 e. The molecule has 1 aromatic carbocycles. The van der Waals surface area contributed by atoms with Gasteiger partial charge >= 0.3 is 0 Å². The van der Waals surface area contributed by atoms with Crippen LogP contribution in [-0.4, -0.2) is 19.7 Å². The summed E-state index contributed by atoms with van der Waals surface area (Å²) in [5.74, 6) is 1.48. The van der Waals surface area contributed by atoms with Crippen molar-refractivity contribution in [1.29, 1.82) is 0 Å². The zero-order chi connectivity index (χ0) is 13.2. The van der Waals surface area contributed by atoms with Gasteiger partial charge in [0.15, 0.2) is 5.82 Å². The minimum Gasteiger partial charge on any atom is -0.313 e. The number of pyridine rings is 1. The van der Waals surface area contributed by atoms with Crippen LogP contribution in [0.15, 0.2) is 42.9 Å². The van der Waals surface area contributed by atoms with E-state index >= 15 is 0 Å². The zero-order valence-corrected chi connectivity index (χ0v) is 11.1. The Labute approximate surface area is 112 Å². The Morgan fingerprint density at radius 3 is 2.95 bits per heavy atom. The van der Waals surface area contributed by atoms with Crippen molar-refractivity contribution in [2.75, 3.05) is 0 Å². The highest BCUT2D eigenvalue weighted by Gasteiger charge is 2.09. The summed E-state index contributed by atoms with van der Waals surface area (Å²) < 4.78 is 2.10. The molecule has 0 spiro atoms. The molecule has 0 saturated heterocycles. The number of hydrogen-bond donors (Lipinski definition) is 0. The molecular formula is C15H16N4. The van der Waals surface area contributed by atoms with Crippen LogP contribution in [-0.2, 0) is 6.54 Å². The molecule has 4 nitrogen and oxygen atoms in total. The lowest BCUT2D eigenvalue weighted by molar-refractivity contribution is 0.525. The highest BCUT2D eigenvalue weighted by molar-refractivity contribution is 5.83. The maximum absolute atomic E-state index is 4.33. The second-order valence-electron chi connectivity index (χ2n) is 5.11. The summed E-state index contributed by atoms with van der Waals surface area (Å²) in [5.41, 5.74) is 2.08. The van der Waals surface area contributed by atoms with Crippen molar-refractivity contribution in [3.8, 4) is 11.4 Å². The Hall–Kier alpha value is -2.23. The number of benzene rings is 1. The fraction of sp³-hybridized carbons (Fsp3) is 0.267. The maximum atomic E-state index is 4.33. The minimum atomic E-state index is 0.567. The van der Waals surface area contributed by atoms with Crippen molar-refractivity contribution >= 4 is 10.9 Å². The molecule has 2 aromatic heterocycles. The molecule has 96 valence electrons. The van der Waals surface area contributed by atoms with Gasteiger partial charge in [-0.3, -0.25) is 4.98 Å². The predicted molar refractivity (Wildman–Crippen MR) is 75.6 cm³/mol. The average Bonchev–Trinajstić information content (AvgIpc) is 2.85. The SMILES string of the molecule is CC(C)Cn1cnnc1-c1ccc2ncccc2c1. The monoisotopic (exact) mass is 252 g/mol. The standard InChI is InChI=1S/C15H16N4/c1-11(2)9-19-10-17-18-15(19)13-5-6-14-12(8-13)4-3-7-16-14/h3-8,10-11H,9H2,1-2H3. The summed E-state index contributed by atoms with van der Waals surface area (Å²) in [6.07, 6.45) is 3.60. The van der Waals surface area contributed by atoms with Crippen LogP contribution in [0.1, 0.15) is 13.8 Å². The largest absolute Gasteiger partial charge is 0.313 e. The Balaban J connectivity index is 2.06. The fourth-order valence-corrected chi connectivity index (χ4v) is 2.22. The van der Waals surface area contributed by atoms with Crippen molar-refractivity contribution in [3.05, 3.63) is 42.9 Å². The van der Waals surface area contributed by atoms with Crippen LogP contribution in [0.5, 0.6) is 0 Å². The molecule has 0 atom stereocenters. The lowest BCUT2D eigenvalue weighted by atomic mass is 10.1. The third-order valence-electron chi connectivity index (χ3n) is 3.04. The third kappa shape index (κ3) is 2.34. The van der Waals surface area contributed by atoms with E-state index in [1.807, 2.05) is 18.3 Å². The van der Waals surface area contributed by atoms with Crippen LogP contribution >= 0.6 is 0 Å². The van der Waals surface area contributed by atoms with Crippen LogP contribution < -0.4 is 0 Å². The van der Waals surface area contributed by atoms with Gasteiger partial charge in [-0.15, -0.1) is 10.2 Å². The van der Waals surface area contributed by atoms with E-state index in [-0.39, 0.29) is 0 Å². The molecule has 0 radical (unpaired) electrons. The molecule has 0 unspecified atom stereocenters. The summed E-state index contributed by atoms with van der Waals surface area (Å²) >= 11 is 0. The summed E-state index contributed by atoms with van der Waals surface area (Å²) in [6.45, 7) is 5.30. The van der Waals surface area contributed by atoms with E-state index in [1.165, 1.54) is 0 Å². The normalized spacial score (nSPS) is 11.3. The number of nitrogens with zero attached hydrogens (tertiary/aromatic N) is 4. The molecule has 4 heteroatoms. The van der Waals surface area contributed by atoms with Crippen LogP contribution in [0.25, 0.3) is 22.3 Å². The maximum Gasteiger partial charge on any atom is 0.163 e. The molecule has 19 heavy (non-hydrogen) atoms. The van der Waals surface area contributed by atoms with E-state index in [9.17, 15) is 0 Å². The van der Waals surface area contributed by atoms with Gasteiger partial charge in [-0.1, -0.05) is 19.9 Å². The topological polar surface area (TPSA) is 43.6 Å². The predicted octanol–water partition coefficient (Wildman–Crippen LogP) is 3.15. The van der Waals surface area contributed by atoms with Crippen molar-refractivity contribution < 1.29 is 0 Å². The second-order valence-corrected chi connectivity index (χ2v) is 5.11. The van der Waals surface area contributed by atoms with Gasteiger partial charge in [-0.25, -0.2) is 0 Å². The van der Waals surface area contributed by atoms with E-state index in [0.717, 1.165) is 28.8 Å². The Bertz CT molecular complexity index is 700. The summed E-state index contributed by atoms with van der Waals surface area (Å²) in [5, 5.41) is 9.39. The first-order valence-corrected chi connectivity index (χ1v) is 6.47. The molecule has 0 amide bonds. The van der Waals surface area contributed by atoms with Crippen molar-refractivity contribution in [1.82, 2.24) is 19.7 Å². The van der Waals surface area contributed by atoms with Crippen molar-refractivity contribution in [3.63, 3.8) is 0 Å². The van der Waals surface area contributed by atoms with Gasteiger partial charge in [0.25, 0.3) is 0 Å². The van der Waals surface area contributed by atoms with Gasteiger partial charge in [-0.05, 0) is 30.2 Å². The van der Waals surface area contributed by atoms with Gasteiger partial charge in [-0.2, -0.15) is 0 Å². The summed E-state index contributed by atoms with van der Waals surface area (Å²) in [7, 11) is 0. The first-order valence-electron chi connectivity index (χ1n) is 6.47. The molecular weight excluding hydrogens is 236 g/mol. The van der Waals surface area contributed by atoms with E-state index in [4.69, 9.17) is 0 Å². The molecule has 3 aromatic rings. The third-order valence-corrected chi connectivity index (χ3v) is 3.04. The van der Waals surface area contributed by atoms with Gasteiger partial charge in [0.1, 0.15) is 6.33 Å². The van der Waals surface area contributed by atoms with Gasteiger partial charge in [0.2, 0.25) is 0 Å². The molecule has 0 aliphatic carbocycles. The quantitative estimate of drug-likeness (QED) is 0.719. The Kier molecular flexibility index (Phi) is 2.99. The van der Waals surface area contributed by atoms with E-state index in [0.29, 0.717) is 5.92 Å². The van der Waals surface area contributed by atoms with Gasteiger partial charge in [0, 0.05) is 23.7 Å². The molecule has 0 aliphatic heterocycles. The number of hydrogen-bond acceptors (Lipinski definition) is 3. The fourth-order valence-electron chi connectivity index (χ4n) is 2.22. The Morgan fingerprint density at radius 1 is 1.21 bits per heavy atom.